The van der Waals surface area contributed by atoms with Crippen molar-refractivity contribution in [3.63, 3.8) is 0 Å². The zero-order valence-electron chi connectivity index (χ0n) is 14.3. The van der Waals surface area contributed by atoms with Crippen LogP contribution >= 0.6 is 0 Å². The Morgan fingerprint density at radius 3 is 2.05 bits per heavy atom. The van der Waals surface area contributed by atoms with E-state index in [0.29, 0.717) is 0 Å². The Balaban J connectivity index is 3.18. The molecule has 3 nitrogen and oxygen atoms in total. The number of hydrogen-bond acceptors (Lipinski definition) is 3. The molecule has 1 aromatic rings. The highest BCUT2D eigenvalue weighted by Crippen LogP contribution is 2.43. The van der Waals surface area contributed by atoms with E-state index in [1.54, 1.807) is 0 Å². The predicted molar refractivity (Wildman–Crippen MR) is 88.7 cm³/mol. The van der Waals surface area contributed by atoms with Crippen LogP contribution in [0.2, 0.25) is 18.1 Å². The van der Waals surface area contributed by atoms with Crippen molar-refractivity contribution in [2.45, 2.75) is 57.8 Å². The van der Waals surface area contributed by atoms with E-state index in [9.17, 15) is 4.79 Å². The zero-order valence-corrected chi connectivity index (χ0v) is 15.3. The number of ether oxygens (including phenoxy) is 1. The normalized spacial score (nSPS) is 15.4. The second-order valence-electron chi connectivity index (χ2n) is 7.21. The average Bonchev–Trinajstić information content (AvgIpc) is 2.37. The highest BCUT2D eigenvalue weighted by molar-refractivity contribution is 6.74. The van der Waals surface area contributed by atoms with Crippen molar-refractivity contribution in [2.75, 3.05) is 7.11 Å². The molecule has 0 aromatic heterocycles. The van der Waals surface area contributed by atoms with Gasteiger partial charge in [0.25, 0.3) is 0 Å². The zero-order chi connectivity index (χ0) is 16.3. The number of methoxy groups -OCH3 is 1. The Bertz CT molecular complexity index is 477. The molecule has 1 aromatic carbocycles. The van der Waals surface area contributed by atoms with Crippen LogP contribution in [0.15, 0.2) is 30.3 Å². The van der Waals surface area contributed by atoms with Crippen LogP contribution in [0, 0.1) is 0 Å². The average molecular weight is 308 g/mol. The third kappa shape index (κ3) is 4.42. The van der Waals surface area contributed by atoms with Crippen molar-refractivity contribution >= 4 is 14.3 Å². The lowest BCUT2D eigenvalue weighted by Crippen LogP contribution is -2.48. The first kappa shape index (κ1) is 17.9. The van der Waals surface area contributed by atoms with Crippen LogP contribution in [0.25, 0.3) is 0 Å². The van der Waals surface area contributed by atoms with Gasteiger partial charge in [0.2, 0.25) is 0 Å². The number of carbonyl (C=O) groups is 1. The summed E-state index contributed by atoms with van der Waals surface area (Å²) in [5.74, 6) is -0.250. The van der Waals surface area contributed by atoms with Gasteiger partial charge in [0.1, 0.15) is 0 Å². The van der Waals surface area contributed by atoms with Gasteiger partial charge in [0.05, 0.1) is 19.1 Å². The van der Waals surface area contributed by atoms with E-state index in [4.69, 9.17) is 9.16 Å². The molecule has 0 radical (unpaired) electrons. The second kappa shape index (κ2) is 6.32. The summed E-state index contributed by atoms with van der Waals surface area (Å²) in [6, 6.07) is 9.93. The summed E-state index contributed by atoms with van der Waals surface area (Å²) in [4.78, 5) is 11.8. The molecule has 0 saturated heterocycles. The molecule has 0 amide bonds. The summed E-state index contributed by atoms with van der Waals surface area (Å²) in [5.41, 5.74) is 0.359. The van der Waals surface area contributed by atoms with E-state index < -0.39 is 13.9 Å². The summed E-state index contributed by atoms with van der Waals surface area (Å²) in [6.07, 6.45) is 0.222. The molecule has 0 spiro atoms. The van der Waals surface area contributed by atoms with Gasteiger partial charge in [-0.2, -0.15) is 0 Å². The largest absolute Gasteiger partial charge is 0.469 e. The Kier molecular flexibility index (Phi) is 5.39. The van der Waals surface area contributed by atoms with Gasteiger partial charge in [-0.3, -0.25) is 4.79 Å². The first-order valence-electron chi connectivity index (χ1n) is 7.34. The van der Waals surface area contributed by atoms with Crippen LogP contribution in [-0.4, -0.2) is 21.4 Å². The number of rotatable bonds is 5. The Morgan fingerprint density at radius 1 is 1.10 bits per heavy atom. The number of hydrogen-bond donors (Lipinski definition) is 0. The van der Waals surface area contributed by atoms with Crippen molar-refractivity contribution < 1.29 is 14.0 Å². The van der Waals surface area contributed by atoms with Crippen molar-refractivity contribution in [3.8, 4) is 0 Å². The van der Waals surface area contributed by atoms with E-state index in [1.807, 2.05) is 37.3 Å². The third-order valence-corrected chi connectivity index (χ3v) is 8.95. The first-order chi connectivity index (χ1) is 9.52. The van der Waals surface area contributed by atoms with E-state index >= 15 is 0 Å². The fraction of sp³-hybridized carbons (Fsp3) is 0.588. The van der Waals surface area contributed by atoms with Crippen LogP contribution in [0.4, 0.5) is 0 Å². The molecule has 0 fully saturated rings. The van der Waals surface area contributed by atoms with Crippen LogP contribution in [0.1, 0.15) is 39.7 Å². The summed E-state index contributed by atoms with van der Waals surface area (Å²) in [7, 11) is -0.594. The van der Waals surface area contributed by atoms with Crippen molar-refractivity contribution in [2.24, 2.45) is 0 Å². The minimum absolute atomic E-state index is 0.0825. The lowest BCUT2D eigenvalue weighted by molar-refractivity contribution is -0.145. The van der Waals surface area contributed by atoms with Crippen molar-refractivity contribution in [1.82, 2.24) is 0 Å². The molecular weight excluding hydrogens is 280 g/mol. The van der Waals surface area contributed by atoms with Gasteiger partial charge in [0, 0.05) is 0 Å². The lowest BCUT2D eigenvalue weighted by atomic mass is 9.93. The minimum atomic E-state index is -2.01. The molecule has 1 atom stereocenters. The van der Waals surface area contributed by atoms with Crippen LogP contribution in [0.5, 0.6) is 0 Å². The van der Waals surface area contributed by atoms with E-state index in [0.717, 1.165) is 5.56 Å². The summed E-state index contributed by atoms with van der Waals surface area (Å²) < 4.78 is 11.5. The lowest BCUT2D eigenvalue weighted by Gasteiger charge is -2.44. The van der Waals surface area contributed by atoms with Gasteiger partial charge >= 0.3 is 5.97 Å². The van der Waals surface area contributed by atoms with Crippen LogP contribution in [-0.2, 0) is 19.6 Å². The molecule has 21 heavy (non-hydrogen) atoms. The summed E-state index contributed by atoms with van der Waals surface area (Å²) in [5, 5.41) is 0.0825. The molecule has 4 heteroatoms. The molecule has 0 aliphatic carbocycles. The SMILES string of the molecule is COC(=O)C[C@](C)(O[Si](C)(C)C(C)(C)C)c1ccccc1. The Hall–Kier alpha value is -1.13. The molecule has 0 heterocycles. The summed E-state index contributed by atoms with van der Waals surface area (Å²) >= 11 is 0. The molecule has 0 bridgehead atoms. The van der Waals surface area contributed by atoms with Gasteiger partial charge in [-0.25, -0.2) is 0 Å². The maximum absolute atomic E-state index is 11.8. The molecule has 0 N–H and O–H groups in total. The first-order valence-corrected chi connectivity index (χ1v) is 10.3. The Morgan fingerprint density at radius 2 is 1.62 bits per heavy atom. The standard InChI is InChI=1S/C17H28O3Si/c1-16(2,3)21(6,7)20-17(4,13-15(18)19-5)14-11-9-8-10-12-14/h8-12H,13H2,1-7H3/t17-/m0/s1. The van der Waals surface area contributed by atoms with E-state index in [1.165, 1.54) is 7.11 Å². The maximum atomic E-state index is 11.8. The molecule has 0 aliphatic heterocycles. The Labute approximate surface area is 129 Å². The smallest absolute Gasteiger partial charge is 0.308 e. The molecule has 1 rings (SSSR count). The quantitative estimate of drug-likeness (QED) is 0.594. The number of carbonyl (C=O) groups excluding carboxylic acids is 1. The topological polar surface area (TPSA) is 35.5 Å². The van der Waals surface area contributed by atoms with Crippen LogP contribution < -0.4 is 0 Å². The van der Waals surface area contributed by atoms with Gasteiger partial charge in [-0.15, -0.1) is 0 Å². The third-order valence-electron chi connectivity index (χ3n) is 4.38. The van der Waals surface area contributed by atoms with Gasteiger partial charge < -0.3 is 9.16 Å². The molecule has 0 unspecified atom stereocenters. The van der Waals surface area contributed by atoms with Gasteiger partial charge in [-0.05, 0) is 30.6 Å². The fourth-order valence-electron chi connectivity index (χ4n) is 2.05. The molecule has 0 saturated carbocycles. The second-order valence-corrected chi connectivity index (χ2v) is 11.9. The highest BCUT2D eigenvalue weighted by atomic mass is 28.4. The molecule has 0 aliphatic rings. The number of esters is 1. The highest BCUT2D eigenvalue weighted by Gasteiger charge is 2.44. The predicted octanol–water partition coefficient (Wildman–Crippen LogP) is 4.49. The van der Waals surface area contributed by atoms with E-state index in [-0.39, 0.29) is 17.4 Å². The summed E-state index contributed by atoms with van der Waals surface area (Å²) in [6.45, 7) is 13.0. The minimum Gasteiger partial charge on any atom is -0.469 e. The van der Waals surface area contributed by atoms with Crippen molar-refractivity contribution in [1.29, 1.82) is 0 Å². The van der Waals surface area contributed by atoms with E-state index in [2.05, 4.69) is 33.9 Å². The molecular formula is C17H28O3Si. The fourth-order valence-corrected chi connectivity index (χ4v) is 3.67. The number of benzene rings is 1. The maximum Gasteiger partial charge on any atom is 0.308 e. The van der Waals surface area contributed by atoms with Crippen molar-refractivity contribution in [3.05, 3.63) is 35.9 Å². The monoisotopic (exact) mass is 308 g/mol. The van der Waals surface area contributed by atoms with Gasteiger partial charge in [-0.1, -0.05) is 51.1 Å². The van der Waals surface area contributed by atoms with Crippen LogP contribution in [0.3, 0.4) is 0 Å². The van der Waals surface area contributed by atoms with Gasteiger partial charge in [0.15, 0.2) is 8.32 Å². The molecule has 118 valence electrons.